The van der Waals surface area contributed by atoms with E-state index in [0.29, 0.717) is 29.3 Å². The fraction of sp³-hybridized carbons (Fsp3) is 0.409. The smallest absolute Gasteiger partial charge is 0.404 e. The summed E-state index contributed by atoms with van der Waals surface area (Å²) in [6.07, 6.45) is -0.955. The molecule has 4 atom stereocenters. The Balaban J connectivity index is 1.58. The van der Waals surface area contributed by atoms with Gasteiger partial charge in [0.1, 0.15) is 12.4 Å². The van der Waals surface area contributed by atoms with Crippen LogP contribution in [0.15, 0.2) is 46.8 Å². The van der Waals surface area contributed by atoms with Crippen molar-refractivity contribution in [2.24, 2.45) is 11.7 Å². The van der Waals surface area contributed by atoms with Crippen molar-refractivity contribution in [3.63, 3.8) is 0 Å². The third kappa shape index (κ3) is 2.63. The lowest BCUT2D eigenvalue weighted by atomic mass is 9.82. The number of amides is 1. The molecule has 5 rings (SSSR count). The molecule has 0 spiro atoms. The molecule has 3 heterocycles. The lowest BCUT2D eigenvalue weighted by molar-refractivity contribution is -0.137. The number of nitrogens with zero attached hydrogens (tertiary/aromatic N) is 1. The van der Waals surface area contributed by atoms with Gasteiger partial charge in [0.05, 0.1) is 36.2 Å². The molecule has 32 heavy (non-hydrogen) atoms. The summed E-state index contributed by atoms with van der Waals surface area (Å²) in [6.45, 7) is 1.97. The van der Waals surface area contributed by atoms with E-state index in [9.17, 15) is 14.4 Å². The van der Waals surface area contributed by atoms with Crippen LogP contribution in [-0.2, 0) is 19.1 Å². The van der Waals surface area contributed by atoms with Gasteiger partial charge < -0.3 is 35.5 Å². The first kappa shape index (κ1) is 20.5. The van der Waals surface area contributed by atoms with Gasteiger partial charge in [0.2, 0.25) is 11.6 Å². The van der Waals surface area contributed by atoms with Crippen molar-refractivity contribution in [3.05, 3.63) is 46.8 Å². The van der Waals surface area contributed by atoms with E-state index in [4.69, 9.17) is 19.9 Å². The molecule has 2 fully saturated rings. The highest BCUT2D eigenvalue weighted by molar-refractivity contribution is 6.26. The molecule has 4 aliphatic rings. The van der Waals surface area contributed by atoms with Gasteiger partial charge in [-0.1, -0.05) is 12.1 Å². The summed E-state index contributed by atoms with van der Waals surface area (Å²) in [5.41, 5.74) is 5.82. The summed E-state index contributed by atoms with van der Waals surface area (Å²) in [7, 11) is 3.06. The van der Waals surface area contributed by atoms with E-state index >= 15 is 0 Å². The first-order chi connectivity index (χ1) is 15.3. The lowest BCUT2D eigenvalue weighted by Gasteiger charge is -2.39. The van der Waals surface area contributed by atoms with Gasteiger partial charge >= 0.3 is 6.09 Å². The number of nitrogens with one attached hydrogen (secondary N) is 2. The number of methoxy groups -OCH3 is 2. The van der Waals surface area contributed by atoms with Gasteiger partial charge in [-0.25, -0.2) is 4.79 Å². The Bertz CT molecular complexity index is 1110. The zero-order valence-electron chi connectivity index (χ0n) is 17.9. The number of ether oxygens (including phenoxy) is 3. The second-order valence-corrected chi connectivity index (χ2v) is 8.25. The number of fused-ring (bicyclic) bond motifs is 4. The van der Waals surface area contributed by atoms with E-state index in [1.165, 1.54) is 14.2 Å². The van der Waals surface area contributed by atoms with E-state index in [1.807, 2.05) is 11.0 Å². The molecule has 10 nitrogen and oxygen atoms in total. The van der Waals surface area contributed by atoms with Crippen LogP contribution in [0, 0.1) is 5.92 Å². The Hall–Kier alpha value is -3.37. The first-order valence-electron chi connectivity index (χ1n) is 10.3. The number of rotatable bonds is 6. The van der Waals surface area contributed by atoms with Gasteiger partial charge in [-0.05, 0) is 19.1 Å². The standard InChI is InChI=1S/C22H24N4O6/c1-10-16(24-12-6-4-5-7-14(12)30-2)19(28)15-11(9-32-21(23)29)22(31-3)20-13(25-20)8-26(22)17(15)18(10)27/h4-7,11,13,20,24-25H,8-9H2,1-3H3,(H2,23,29)/t11-,13+,20+,22?/m0/s1. The van der Waals surface area contributed by atoms with Crippen molar-refractivity contribution >= 4 is 23.3 Å². The van der Waals surface area contributed by atoms with E-state index in [-0.39, 0.29) is 41.5 Å². The molecular formula is C22H24N4O6. The fourth-order valence-electron chi connectivity index (χ4n) is 5.32. The predicted octanol–water partition coefficient (Wildman–Crippen LogP) is 0.511. The fourth-order valence-corrected chi connectivity index (χ4v) is 5.32. The Morgan fingerprint density at radius 1 is 1.28 bits per heavy atom. The summed E-state index contributed by atoms with van der Waals surface area (Å²) in [5.74, 6) is -0.753. The van der Waals surface area contributed by atoms with Crippen LogP contribution in [-0.4, -0.2) is 67.7 Å². The number of primary amides is 1. The zero-order chi connectivity index (χ0) is 22.8. The van der Waals surface area contributed by atoms with Crippen LogP contribution in [0.3, 0.4) is 0 Å². The maximum Gasteiger partial charge on any atom is 0.404 e. The maximum atomic E-state index is 13.8. The summed E-state index contributed by atoms with van der Waals surface area (Å²) >= 11 is 0. The molecule has 0 saturated carbocycles. The number of para-hydroxylation sites is 2. The van der Waals surface area contributed by atoms with Crippen molar-refractivity contribution in [3.8, 4) is 5.75 Å². The predicted molar refractivity (Wildman–Crippen MR) is 113 cm³/mol. The number of carbonyl (C=O) groups excluding carboxylic acids is 3. The van der Waals surface area contributed by atoms with Crippen molar-refractivity contribution < 1.29 is 28.6 Å². The quantitative estimate of drug-likeness (QED) is 0.426. The second-order valence-electron chi connectivity index (χ2n) is 8.25. The van der Waals surface area contributed by atoms with Crippen LogP contribution < -0.4 is 21.1 Å². The molecule has 4 N–H and O–H groups in total. The van der Waals surface area contributed by atoms with E-state index in [2.05, 4.69) is 10.6 Å². The van der Waals surface area contributed by atoms with Gasteiger partial charge in [0, 0.05) is 30.8 Å². The summed E-state index contributed by atoms with van der Waals surface area (Å²) in [4.78, 5) is 40.6. The van der Waals surface area contributed by atoms with Gasteiger partial charge in [-0.15, -0.1) is 0 Å². The van der Waals surface area contributed by atoms with Crippen molar-refractivity contribution in [2.75, 3.05) is 32.7 Å². The number of anilines is 1. The Labute approximate surface area is 184 Å². The molecule has 1 aromatic rings. The van der Waals surface area contributed by atoms with E-state index in [1.54, 1.807) is 25.1 Å². The van der Waals surface area contributed by atoms with Crippen LogP contribution in [0.2, 0.25) is 0 Å². The van der Waals surface area contributed by atoms with Gasteiger partial charge in [0.15, 0.2) is 5.72 Å². The van der Waals surface area contributed by atoms with Crippen molar-refractivity contribution in [1.82, 2.24) is 10.2 Å². The van der Waals surface area contributed by atoms with Crippen molar-refractivity contribution in [2.45, 2.75) is 24.7 Å². The number of allylic oxidation sites excluding steroid dienone is 2. The van der Waals surface area contributed by atoms with E-state index < -0.39 is 17.7 Å². The van der Waals surface area contributed by atoms with Crippen LogP contribution >= 0.6 is 0 Å². The first-order valence-corrected chi connectivity index (χ1v) is 10.3. The number of piperazine rings is 1. The molecule has 2 saturated heterocycles. The molecule has 1 aromatic carbocycles. The Morgan fingerprint density at radius 2 is 2.03 bits per heavy atom. The number of benzene rings is 1. The maximum absolute atomic E-state index is 13.8. The minimum atomic E-state index is -1.00. The number of hydrogen-bond donors (Lipinski definition) is 3. The monoisotopic (exact) mass is 440 g/mol. The van der Waals surface area contributed by atoms with Gasteiger partial charge in [0.25, 0.3) is 0 Å². The molecule has 168 valence electrons. The molecule has 1 aliphatic carbocycles. The molecule has 10 heteroatoms. The van der Waals surface area contributed by atoms with Crippen molar-refractivity contribution in [1.29, 1.82) is 0 Å². The molecule has 1 amide bonds. The van der Waals surface area contributed by atoms with Gasteiger partial charge in [-0.3, -0.25) is 9.59 Å². The molecule has 0 radical (unpaired) electrons. The number of hydrogen-bond acceptors (Lipinski definition) is 9. The lowest BCUT2D eigenvalue weighted by Crippen LogP contribution is -2.55. The highest BCUT2D eigenvalue weighted by Crippen LogP contribution is 2.55. The van der Waals surface area contributed by atoms with Gasteiger partial charge in [-0.2, -0.15) is 0 Å². The van der Waals surface area contributed by atoms with Crippen LogP contribution in [0.4, 0.5) is 10.5 Å². The minimum Gasteiger partial charge on any atom is -0.495 e. The average molecular weight is 440 g/mol. The number of Topliss-reactive ketones (excluding diaryl/α,β-unsaturated/α-hetero) is 2. The van der Waals surface area contributed by atoms with E-state index in [0.717, 1.165) is 0 Å². The minimum absolute atomic E-state index is 0.0916. The van der Waals surface area contributed by atoms with Crippen LogP contribution in [0.25, 0.3) is 0 Å². The topological polar surface area (TPSA) is 142 Å². The Kier molecular flexibility index (Phi) is 4.54. The number of carbonyl (C=O) groups is 3. The van der Waals surface area contributed by atoms with Crippen LogP contribution in [0.5, 0.6) is 5.75 Å². The average Bonchev–Trinajstić information content (AvgIpc) is 3.40. The third-order valence-corrected chi connectivity index (χ3v) is 6.79. The highest BCUT2D eigenvalue weighted by atomic mass is 16.6. The summed E-state index contributed by atoms with van der Waals surface area (Å²) in [6, 6.07) is 7.17. The normalized spacial score (nSPS) is 30.2. The zero-order valence-corrected chi connectivity index (χ0v) is 17.9. The molecule has 0 aromatic heterocycles. The third-order valence-electron chi connectivity index (χ3n) is 6.79. The summed E-state index contributed by atoms with van der Waals surface area (Å²) < 4.78 is 16.5. The largest absolute Gasteiger partial charge is 0.495 e. The SMILES string of the molecule is COc1ccccc1NC1=C(C)C(=O)C2=C(C1=O)[C@H](COC(N)=O)C1(OC)[C@@H]3N[C@@H]3CN21. The molecule has 0 bridgehead atoms. The Morgan fingerprint density at radius 3 is 2.72 bits per heavy atom. The summed E-state index contributed by atoms with van der Waals surface area (Å²) in [5, 5.41) is 6.42. The highest BCUT2D eigenvalue weighted by Gasteiger charge is 2.72. The molecular weight excluding hydrogens is 416 g/mol. The number of nitrogens with two attached hydrogens (primary N) is 1. The molecule has 3 aliphatic heterocycles. The number of ketones is 2. The second kappa shape index (κ2) is 7.07. The van der Waals surface area contributed by atoms with Crippen LogP contribution in [0.1, 0.15) is 6.92 Å². The molecule has 1 unspecified atom stereocenters.